The van der Waals surface area contributed by atoms with Gasteiger partial charge < -0.3 is 0 Å². The van der Waals surface area contributed by atoms with Gasteiger partial charge in [-0.2, -0.15) is 0 Å². The summed E-state index contributed by atoms with van der Waals surface area (Å²) in [5.41, 5.74) is 6.37. The van der Waals surface area contributed by atoms with Crippen LogP contribution in [0, 0.1) is 0 Å². The second kappa shape index (κ2) is 6.23. The van der Waals surface area contributed by atoms with Gasteiger partial charge in [-0.3, -0.25) is 0 Å². The molecule has 0 nitrogen and oxygen atoms in total. The minimum Gasteiger partial charge on any atom is -0.0622 e. The number of rotatable bonds is 3. The van der Waals surface area contributed by atoms with Crippen molar-refractivity contribution in [1.29, 1.82) is 0 Å². The van der Waals surface area contributed by atoms with E-state index in [0.717, 1.165) is 0 Å². The molecule has 0 aliphatic heterocycles. The molecule has 3 aromatic rings. The van der Waals surface area contributed by atoms with Crippen LogP contribution in [-0.4, -0.2) is 0 Å². The van der Waals surface area contributed by atoms with E-state index in [1.807, 2.05) is 0 Å². The Bertz CT molecular complexity index is 681. The molecular weight excluding hydrogens is 252 g/mol. The highest BCUT2D eigenvalue weighted by Crippen LogP contribution is 2.31. The van der Waals surface area contributed by atoms with Crippen molar-refractivity contribution in [3.05, 3.63) is 108 Å². The van der Waals surface area contributed by atoms with Gasteiger partial charge in [-0.15, -0.1) is 0 Å². The zero-order chi connectivity index (χ0) is 14.5. The van der Waals surface area contributed by atoms with Gasteiger partial charge in [0.1, 0.15) is 0 Å². The van der Waals surface area contributed by atoms with E-state index in [2.05, 4.69) is 97.9 Å². The van der Waals surface area contributed by atoms with Crippen LogP contribution in [0.25, 0.3) is 11.1 Å². The van der Waals surface area contributed by atoms with E-state index in [-0.39, 0.29) is 0 Å². The fraction of sp³-hybridized carbons (Fsp3) is 0.0476. The molecule has 0 radical (unpaired) electrons. The average molecular weight is 270 g/mol. The van der Waals surface area contributed by atoms with Gasteiger partial charge in [-0.1, -0.05) is 91.0 Å². The monoisotopic (exact) mass is 270 g/mol. The van der Waals surface area contributed by atoms with E-state index in [9.17, 15) is 0 Å². The first kappa shape index (κ1) is 13.4. The maximum atomic E-state index is 2.20. The van der Waals surface area contributed by atoms with Crippen LogP contribution >= 0.6 is 0 Å². The zero-order valence-electron chi connectivity index (χ0n) is 12.2. The third-order valence-electron chi connectivity index (χ3n) is 3.71. The second-order valence-electron chi connectivity index (χ2n) is 5.10. The Balaban J connectivity index is 2.22. The van der Waals surface area contributed by atoms with E-state index >= 15 is 0 Å². The molecule has 0 fully saturated rings. The molecule has 102 valence electrons. The second-order valence-corrected chi connectivity index (χ2v) is 5.10. The predicted molar refractivity (Wildman–Crippen MR) is 90.9 cm³/mol. The number of allylic oxidation sites excluding steroid dienone is 1. The van der Waals surface area contributed by atoms with Gasteiger partial charge in [0.25, 0.3) is 0 Å². The molecule has 0 saturated heterocycles. The lowest BCUT2D eigenvalue weighted by molar-refractivity contribution is 1.51. The summed E-state index contributed by atoms with van der Waals surface area (Å²) < 4.78 is 0. The van der Waals surface area contributed by atoms with Crippen LogP contribution in [0.4, 0.5) is 0 Å². The fourth-order valence-corrected chi connectivity index (χ4v) is 2.64. The van der Waals surface area contributed by atoms with Crippen molar-refractivity contribution in [1.82, 2.24) is 0 Å². The summed E-state index contributed by atoms with van der Waals surface area (Å²) >= 11 is 0. The first-order chi connectivity index (χ1) is 10.4. The van der Waals surface area contributed by atoms with Crippen molar-refractivity contribution in [2.45, 2.75) is 6.92 Å². The van der Waals surface area contributed by atoms with Crippen LogP contribution in [0.3, 0.4) is 0 Å². The van der Waals surface area contributed by atoms with E-state index < -0.39 is 0 Å². The largest absolute Gasteiger partial charge is 0.0622 e. The predicted octanol–water partition coefficient (Wildman–Crippen LogP) is 5.67. The molecule has 3 rings (SSSR count). The zero-order valence-corrected chi connectivity index (χ0v) is 12.2. The lowest BCUT2D eigenvalue weighted by atomic mass is 9.90. The van der Waals surface area contributed by atoms with E-state index in [1.54, 1.807) is 0 Å². The summed E-state index contributed by atoms with van der Waals surface area (Å²) in [6, 6.07) is 31.8. The molecule has 0 amide bonds. The highest BCUT2D eigenvalue weighted by atomic mass is 14.1. The molecule has 0 heterocycles. The standard InChI is InChI=1S/C21H18/c1-17(18-11-5-2-6-12-18)21(19-13-7-3-8-14-19)20-15-9-4-10-16-20/h2-16H,1H3. The quantitative estimate of drug-likeness (QED) is 0.538. The van der Waals surface area contributed by atoms with Crippen molar-refractivity contribution in [3.63, 3.8) is 0 Å². The molecule has 0 aromatic heterocycles. The summed E-state index contributed by atoms with van der Waals surface area (Å²) in [6.07, 6.45) is 0. The molecule has 0 heteroatoms. The first-order valence-electron chi connectivity index (χ1n) is 7.23. The number of hydrogen-bond acceptors (Lipinski definition) is 0. The molecular formula is C21H18. The van der Waals surface area contributed by atoms with E-state index in [4.69, 9.17) is 0 Å². The molecule has 0 unspecified atom stereocenters. The topological polar surface area (TPSA) is 0 Å². The summed E-state index contributed by atoms with van der Waals surface area (Å²) in [4.78, 5) is 0. The minimum atomic E-state index is 1.25. The smallest absolute Gasteiger partial charge is 0.00762 e. The van der Waals surface area contributed by atoms with Gasteiger partial charge in [0.05, 0.1) is 0 Å². The maximum Gasteiger partial charge on any atom is -0.00762 e. The van der Waals surface area contributed by atoms with Crippen LogP contribution in [0.5, 0.6) is 0 Å². The highest BCUT2D eigenvalue weighted by Gasteiger charge is 2.09. The lowest BCUT2D eigenvalue weighted by Gasteiger charge is -2.14. The maximum absolute atomic E-state index is 2.20. The van der Waals surface area contributed by atoms with Crippen LogP contribution in [0.2, 0.25) is 0 Å². The average Bonchev–Trinajstić information content (AvgIpc) is 2.58. The molecule has 21 heavy (non-hydrogen) atoms. The Labute approximate surface area is 126 Å². The Morgan fingerprint density at radius 1 is 0.476 bits per heavy atom. The van der Waals surface area contributed by atoms with Crippen LogP contribution < -0.4 is 0 Å². The normalized spacial score (nSPS) is 10.1. The highest BCUT2D eigenvalue weighted by molar-refractivity contribution is 5.97. The van der Waals surface area contributed by atoms with Crippen LogP contribution in [0.15, 0.2) is 91.0 Å². The van der Waals surface area contributed by atoms with Crippen LogP contribution in [-0.2, 0) is 0 Å². The van der Waals surface area contributed by atoms with Gasteiger partial charge >= 0.3 is 0 Å². The van der Waals surface area contributed by atoms with Crippen molar-refractivity contribution < 1.29 is 0 Å². The molecule has 0 spiro atoms. The minimum absolute atomic E-state index is 1.25. The Morgan fingerprint density at radius 3 is 1.19 bits per heavy atom. The number of benzene rings is 3. The SMILES string of the molecule is CC(=C(c1ccccc1)c1ccccc1)c1ccccc1. The number of hydrogen-bond donors (Lipinski definition) is 0. The Morgan fingerprint density at radius 2 is 0.810 bits per heavy atom. The third kappa shape index (κ3) is 2.95. The summed E-state index contributed by atoms with van der Waals surface area (Å²) in [5.74, 6) is 0. The Hall–Kier alpha value is -2.60. The molecule has 0 bridgehead atoms. The van der Waals surface area contributed by atoms with Gasteiger partial charge in [-0.25, -0.2) is 0 Å². The van der Waals surface area contributed by atoms with E-state index in [1.165, 1.54) is 27.8 Å². The molecule has 0 atom stereocenters. The third-order valence-corrected chi connectivity index (χ3v) is 3.71. The van der Waals surface area contributed by atoms with Crippen molar-refractivity contribution in [2.24, 2.45) is 0 Å². The van der Waals surface area contributed by atoms with Crippen molar-refractivity contribution >= 4 is 11.1 Å². The summed E-state index contributed by atoms with van der Waals surface area (Å²) in [7, 11) is 0. The van der Waals surface area contributed by atoms with Crippen molar-refractivity contribution in [3.8, 4) is 0 Å². The molecule has 3 aromatic carbocycles. The van der Waals surface area contributed by atoms with Gasteiger partial charge in [0.2, 0.25) is 0 Å². The van der Waals surface area contributed by atoms with Gasteiger partial charge in [-0.05, 0) is 34.8 Å². The molecule has 0 saturated carbocycles. The Kier molecular flexibility index (Phi) is 3.97. The molecule has 0 aliphatic rings. The van der Waals surface area contributed by atoms with E-state index in [0.29, 0.717) is 0 Å². The lowest BCUT2D eigenvalue weighted by Crippen LogP contribution is -1.92. The summed E-state index contributed by atoms with van der Waals surface area (Å²) in [6.45, 7) is 2.20. The van der Waals surface area contributed by atoms with Gasteiger partial charge in [0, 0.05) is 0 Å². The molecule has 0 aliphatic carbocycles. The van der Waals surface area contributed by atoms with Gasteiger partial charge in [0.15, 0.2) is 0 Å². The first-order valence-corrected chi connectivity index (χ1v) is 7.23. The summed E-state index contributed by atoms with van der Waals surface area (Å²) in [5, 5.41) is 0. The van der Waals surface area contributed by atoms with Crippen LogP contribution in [0.1, 0.15) is 23.6 Å². The fourth-order valence-electron chi connectivity index (χ4n) is 2.64. The van der Waals surface area contributed by atoms with Crippen molar-refractivity contribution in [2.75, 3.05) is 0 Å². The molecule has 0 N–H and O–H groups in total.